The molecule has 1 aliphatic rings. The molecule has 1 aliphatic heterocycles. The SMILES string of the molecule is Nc1ncc(Cn2ncc(N3CCCC3)cc2=O)s1. The Labute approximate surface area is 114 Å². The average molecular weight is 277 g/mol. The summed E-state index contributed by atoms with van der Waals surface area (Å²) in [6.45, 7) is 2.45. The maximum absolute atomic E-state index is 12.0. The Morgan fingerprint density at radius 2 is 2.11 bits per heavy atom. The number of nitrogens with zero attached hydrogens (tertiary/aromatic N) is 4. The Balaban J connectivity index is 1.81. The van der Waals surface area contributed by atoms with E-state index in [9.17, 15) is 4.79 Å². The van der Waals surface area contributed by atoms with Crippen LogP contribution in [0.4, 0.5) is 10.8 Å². The van der Waals surface area contributed by atoms with Crippen molar-refractivity contribution in [1.29, 1.82) is 0 Å². The monoisotopic (exact) mass is 277 g/mol. The van der Waals surface area contributed by atoms with E-state index >= 15 is 0 Å². The van der Waals surface area contributed by atoms with Gasteiger partial charge in [0.1, 0.15) is 0 Å². The number of hydrogen-bond donors (Lipinski definition) is 1. The molecule has 0 spiro atoms. The summed E-state index contributed by atoms with van der Waals surface area (Å²) in [6, 6.07) is 1.66. The molecule has 2 aromatic heterocycles. The van der Waals surface area contributed by atoms with Crippen LogP contribution in [0.25, 0.3) is 0 Å². The average Bonchev–Trinajstić information content (AvgIpc) is 3.03. The molecule has 100 valence electrons. The molecule has 2 aromatic rings. The first-order valence-corrected chi connectivity index (χ1v) is 7.06. The van der Waals surface area contributed by atoms with Crippen molar-refractivity contribution in [2.45, 2.75) is 19.4 Å². The molecule has 0 atom stereocenters. The van der Waals surface area contributed by atoms with Gasteiger partial charge >= 0.3 is 0 Å². The first-order valence-electron chi connectivity index (χ1n) is 6.25. The first kappa shape index (κ1) is 12.2. The third kappa shape index (κ3) is 2.60. The number of nitrogens with two attached hydrogens (primary N) is 1. The van der Waals surface area contributed by atoms with Crippen LogP contribution in [0.3, 0.4) is 0 Å². The fourth-order valence-electron chi connectivity index (χ4n) is 2.23. The fourth-order valence-corrected chi connectivity index (χ4v) is 2.90. The molecular formula is C12H15N5OS. The lowest BCUT2D eigenvalue weighted by Crippen LogP contribution is -2.26. The maximum Gasteiger partial charge on any atom is 0.269 e. The normalized spacial score (nSPS) is 15.1. The zero-order chi connectivity index (χ0) is 13.2. The number of aromatic nitrogens is 3. The van der Waals surface area contributed by atoms with Gasteiger partial charge in [-0.2, -0.15) is 5.10 Å². The van der Waals surface area contributed by atoms with Crippen molar-refractivity contribution in [2.75, 3.05) is 23.7 Å². The van der Waals surface area contributed by atoms with E-state index in [4.69, 9.17) is 5.73 Å². The predicted octanol–water partition coefficient (Wildman–Crippen LogP) is 0.930. The van der Waals surface area contributed by atoms with Gasteiger partial charge in [-0.25, -0.2) is 9.67 Å². The van der Waals surface area contributed by atoms with E-state index in [1.165, 1.54) is 28.9 Å². The molecule has 19 heavy (non-hydrogen) atoms. The van der Waals surface area contributed by atoms with Crippen LogP contribution in [-0.4, -0.2) is 27.9 Å². The van der Waals surface area contributed by atoms with Crippen LogP contribution >= 0.6 is 11.3 Å². The highest BCUT2D eigenvalue weighted by molar-refractivity contribution is 7.15. The molecule has 7 heteroatoms. The molecule has 3 rings (SSSR count). The summed E-state index contributed by atoms with van der Waals surface area (Å²) < 4.78 is 1.44. The zero-order valence-electron chi connectivity index (χ0n) is 10.5. The lowest BCUT2D eigenvalue weighted by Gasteiger charge is -2.16. The molecule has 6 nitrogen and oxygen atoms in total. The van der Waals surface area contributed by atoms with E-state index in [1.54, 1.807) is 18.5 Å². The molecule has 0 saturated carbocycles. The van der Waals surface area contributed by atoms with Gasteiger partial charge in [0.2, 0.25) is 0 Å². The summed E-state index contributed by atoms with van der Waals surface area (Å²) in [5.74, 6) is 0. The molecule has 0 aliphatic carbocycles. The molecule has 0 amide bonds. The van der Waals surface area contributed by atoms with E-state index in [-0.39, 0.29) is 5.56 Å². The van der Waals surface area contributed by atoms with Crippen LogP contribution in [0, 0.1) is 0 Å². The van der Waals surface area contributed by atoms with Gasteiger partial charge in [0.25, 0.3) is 5.56 Å². The Kier molecular flexibility index (Phi) is 3.20. The number of hydrogen-bond acceptors (Lipinski definition) is 6. The number of anilines is 2. The van der Waals surface area contributed by atoms with Crippen LogP contribution in [0.2, 0.25) is 0 Å². The first-order chi connectivity index (χ1) is 9.22. The molecule has 0 bridgehead atoms. The minimum absolute atomic E-state index is 0.0867. The Bertz CT molecular complexity index is 629. The summed E-state index contributed by atoms with van der Waals surface area (Å²) in [7, 11) is 0. The highest BCUT2D eigenvalue weighted by Crippen LogP contribution is 2.18. The fraction of sp³-hybridized carbons (Fsp3) is 0.417. The van der Waals surface area contributed by atoms with Gasteiger partial charge in [-0.05, 0) is 12.8 Å². The Hall–Kier alpha value is -1.89. The lowest BCUT2D eigenvalue weighted by atomic mass is 10.4. The van der Waals surface area contributed by atoms with Crippen LogP contribution in [-0.2, 0) is 6.54 Å². The molecule has 1 saturated heterocycles. The molecule has 1 fully saturated rings. The Morgan fingerprint density at radius 1 is 1.32 bits per heavy atom. The second-order valence-electron chi connectivity index (χ2n) is 4.57. The van der Waals surface area contributed by atoms with Gasteiger partial charge in [-0.15, -0.1) is 11.3 Å². The second kappa shape index (κ2) is 5.00. The minimum Gasteiger partial charge on any atom is -0.375 e. The van der Waals surface area contributed by atoms with Gasteiger partial charge in [0.15, 0.2) is 5.13 Å². The predicted molar refractivity (Wildman–Crippen MR) is 75.6 cm³/mol. The molecule has 3 heterocycles. The molecule has 0 unspecified atom stereocenters. The quantitative estimate of drug-likeness (QED) is 0.903. The van der Waals surface area contributed by atoms with Gasteiger partial charge in [0, 0.05) is 30.2 Å². The van der Waals surface area contributed by atoms with Crippen molar-refractivity contribution in [2.24, 2.45) is 0 Å². The summed E-state index contributed by atoms with van der Waals surface area (Å²) in [4.78, 5) is 19.1. The van der Waals surface area contributed by atoms with Crippen molar-refractivity contribution in [1.82, 2.24) is 14.8 Å². The number of thiazole rings is 1. The van der Waals surface area contributed by atoms with Gasteiger partial charge in [-0.1, -0.05) is 0 Å². The standard InChI is InChI=1S/C12H15N5OS/c13-12-14-7-10(19-12)8-17-11(18)5-9(6-15-17)16-3-1-2-4-16/h5-7H,1-4,8H2,(H2,13,14). The zero-order valence-corrected chi connectivity index (χ0v) is 11.3. The highest BCUT2D eigenvalue weighted by Gasteiger charge is 2.13. The maximum atomic E-state index is 12.0. The van der Waals surface area contributed by atoms with E-state index in [0.717, 1.165) is 23.7 Å². The van der Waals surface area contributed by atoms with Crippen LogP contribution < -0.4 is 16.2 Å². The molecule has 0 aromatic carbocycles. The van der Waals surface area contributed by atoms with E-state index in [0.29, 0.717) is 11.7 Å². The third-order valence-corrected chi connectivity index (χ3v) is 4.01. The van der Waals surface area contributed by atoms with Crippen LogP contribution in [0.5, 0.6) is 0 Å². The minimum atomic E-state index is -0.0867. The van der Waals surface area contributed by atoms with E-state index in [2.05, 4.69) is 15.0 Å². The third-order valence-electron chi connectivity index (χ3n) is 3.20. The number of nitrogen functional groups attached to an aromatic ring is 1. The lowest BCUT2D eigenvalue weighted by molar-refractivity contribution is 0.643. The van der Waals surface area contributed by atoms with Crippen LogP contribution in [0.1, 0.15) is 17.7 Å². The van der Waals surface area contributed by atoms with Gasteiger partial charge in [0.05, 0.1) is 18.4 Å². The summed E-state index contributed by atoms with van der Waals surface area (Å²) in [5.41, 5.74) is 6.40. The Morgan fingerprint density at radius 3 is 2.74 bits per heavy atom. The highest BCUT2D eigenvalue weighted by atomic mass is 32.1. The molecular weight excluding hydrogens is 262 g/mol. The van der Waals surface area contributed by atoms with Crippen LogP contribution in [0.15, 0.2) is 23.3 Å². The molecule has 0 radical (unpaired) electrons. The summed E-state index contributed by atoms with van der Waals surface area (Å²) in [5, 5.41) is 4.74. The van der Waals surface area contributed by atoms with Crippen molar-refractivity contribution >= 4 is 22.2 Å². The topological polar surface area (TPSA) is 77.0 Å². The van der Waals surface area contributed by atoms with Gasteiger partial charge < -0.3 is 10.6 Å². The van der Waals surface area contributed by atoms with Gasteiger partial charge in [-0.3, -0.25) is 4.79 Å². The largest absolute Gasteiger partial charge is 0.375 e. The smallest absolute Gasteiger partial charge is 0.269 e. The summed E-state index contributed by atoms with van der Waals surface area (Å²) >= 11 is 1.38. The van der Waals surface area contributed by atoms with E-state index < -0.39 is 0 Å². The summed E-state index contributed by atoms with van der Waals surface area (Å²) in [6.07, 6.45) is 5.81. The van der Waals surface area contributed by atoms with E-state index in [1.807, 2.05) is 0 Å². The van der Waals surface area contributed by atoms with Crippen molar-refractivity contribution in [3.8, 4) is 0 Å². The number of rotatable bonds is 3. The second-order valence-corrected chi connectivity index (χ2v) is 5.72. The van der Waals surface area contributed by atoms with Crippen molar-refractivity contribution in [3.05, 3.63) is 33.7 Å². The van der Waals surface area contributed by atoms with Crippen molar-refractivity contribution < 1.29 is 0 Å². The molecule has 2 N–H and O–H groups in total. The van der Waals surface area contributed by atoms with Crippen molar-refractivity contribution in [3.63, 3.8) is 0 Å².